The first-order chi connectivity index (χ1) is 16.5. The molecule has 2 fully saturated rings. The predicted molar refractivity (Wildman–Crippen MR) is 129 cm³/mol. The summed E-state index contributed by atoms with van der Waals surface area (Å²) in [6.45, 7) is 0.360. The van der Waals surface area contributed by atoms with Crippen molar-refractivity contribution in [1.82, 2.24) is 14.9 Å². The number of carbonyl (C=O) groups excluding carboxylic acids is 1. The van der Waals surface area contributed by atoms with Crippen LogP contribution in [0.3, 0.4) is 0 Å². The minimum atomic E-state index is -0.396. The maximum Gasteiger partial charge on any atom is 0.274 e. The van der Waals surface area contributed by atoms with Crippen LogP contribution < -0.4 is 5.32 Å². The first kappa shape index (κ1) is 21.9. The Labute approximate surface area is 197 Å². The minimum Gasteiger partial charge on any atom is -0.354 e. The van der Waals surface area contributed by atoms with E-state index in [1.807, 2.05) is 11.0 Å². The maximum atomic E-state index is 14.4. The quantitative estimate of drug-likeness (QED) is 0.316. The summed E-state index contributed by atoms with van der Waals surface area (Å²) >= 11 is 0. The SMILES string of the molecule is N=CN(CC(=N)c1cccc(NC(=O)c2cc(-c3cnc(C4CC4)c(F)c3)ccn2)c1)C1CC1. The molecule has 0 saturated heterocycles. The van der Waals surface area contributed by atoms with Crippen molar-refractivity contribution in [3.05, 3.63) is 77.6 Å². The predicted octanol–water partition coefficient (Wildman–Crippen LogP) is 4.85. The molecule has 1 amide bonds. The van der Waals surface area contributed by atoms with Crippen molar-refractivity contribution in [3.8, 4) is 11.1 Å². The van der Waals surface area contributed by atoms with E-state index in [-0.39, 0.29) is 17.4 Å². The minimum absolute atomic E-state index is 0.202. The van der Waals surface area contributed by atoms with E-state index in [0.29, 0.717) is 46.4 Å². The molecule has 172 valence electrons. The third kappa shape index (κ3) is 4.85. The number of aromatic nitrogens is 2. The summed E-state index contributed by atoms with van der Waals surface area (Å²) in [5, 5.41) is 18.8. The van der Waals surface area contributed by atoms with E-state index in [4.69, 9.17) is 10.8 Å². The van der Waals surface area contributed by atoms with Crippen LogP contribution in [0.25, 0.3) is 11.1 Å². The molecule has 1 aromatic carbocycles. The summed E-state index contributed by atoms with van der Waals surface area (Å²) in [6.07, 6.45) is 8.51. The first-order valence-electron chi connectivity index (χ1n) is 11.4. The fourth-order valence-electron chi connectivity index (χ4n) is 3.94. The normalized spacial score (nSPS) is 15.0. The van der Waals surface area contributed by atoms with E-state index in [9.17, 15) is 9.18 Å². The average molecular weight is 457 g/mol. The third-order valence-corrected chi connectivity index (χ3v) is 6.15. The second kappa shape index (κ2) is 9.13. The van der Waals surface area contributed by atoms with E-state index in [0.717, 1.165) is 25.7 Å². The number of benzene rings is 1. The van der Waals surface area contributed by atoms with Crippen molar-refractivity contribution in [3.63, 3.8) is 0 Å². The molecule has 2 saturated carbocycles. The van der Waals surface area contributed by atoms with Crippen LogP contribution in [0.2, 0.25) is 0 Å². The summed E-state index contributed by atoms with van der Waals surface area (Å²) in [5.41, 5.74) is 3.60. The largest absolute Gasteiger partial charge is 0.354 e. The van der Waals surface area contributed by atoms with Gasteiger partial charge in [0.25, 0.3) is 5.91 Å². The van der Waals surface area contributed by atoms with Crippen molar-refractivity contribution in [2.75, 3.05) is 11.9 Å². The van der Waals surface area contributed by atoms with Crippen LogP contribution in [0.5, 0.6) is 0 Å². The third-order valence-electron chi connectivity index (χ3n) is 6.15. The lowest BCUT2D eigenvalue weighted by molar-refractivity contribution is 0.102. The van der Waals surface area contributed by atoms with Gasteiger partial charge in [-0.1, -0.05) is 12.1 Å². The zero-order chi connectivity index (χ0) is 23.7. The molecule has 0 radical (unpaired) electrons. The molecule has 34 heavy (non-hydrogen) atoms. The summed E-state index contributed by atoms with van der Waals surface area (Å²) in [6, 6.07) is 12.3. The molecule has 2 aromatic heterocycles. The standard InChI is InChI=1S/C26H25FN6O/c27-22-11-19(13-31-25(22)16-4-5-16)17-8-9-30-24(12-17)26(34)32-20-3-1-2-18(10-20)23(29)14-33(15-28)21-6-7-21/h1-3,8-13,15-16,21,28-29H,4-7,14H2,(H,32,34). The number of hydrogen-bond acceptors (Lipinski definition) is 5. The monoisotopic (exact) mass is 456 g/mol. The van der Waals surface area contributed by atoms with Crippen LogP contribution in [-0.4, -0.2) is 45.4 Å². The van der Waals surface area contributed by atoms with Gasteiger partial charge in [-0.25, -0.2) is 4.39 Å². The van der Waals surface area contributed by atoms with Gasteiger partial charge in [0.2, 0.25) is 0 Å². The molecular weight excluding hydrogens is 431 g/mol. The van der Waals surface area contributed by atoms with Crippen LogP contribution in [0.4, 0.5) is 10.1 Å². The maximum absolute atomic E-state index is 14.4. The fraction of sp³-hybridized carbons (Fsp3) is 0.269. The van der Waals surface area contributed by atoms with Crippen molar-refractivity contribution in [2.45, 2.75) is 37.6 Å². The van der Waals surface area contributed by atoms with Crippen LogP contribution in [0.15, 0.2) is 54.9 Å². The highest BCUT2D eigenvalue weighted by molar-refractivity contribution is 6.05. The van der Waals surface area contributed by atoms with Gasteiger partial charge < -0.3 is 15.6 Å². The summed E-state index contributed by atoms with van der Waals surface area (Å²) in [7, 11) is 0. The molecule has 3 N–H and O–H groups in total. The van der Waals surface area contributed by atoms with E-state index in [1.165, 1.54) is 18.6 Å². The van der Waals surface area contributed by atoms with Crippen molar-refractivity contribution < 1.29 is 9.18 Å². The molecule has 3 aromatic rings. The Bertz CT molecular complexity index is 1270. The van der Waals surface area contributed by atoms with Crippen LogP contribution in [0, 0.1) is 16.6 Å². The van der Waals surface area contributed by atoms with Crippen molar-refractivity contribution in [2.24, 2.45) is 0 Å². The molecule has 7 nitrogen and oxygen atoms in total. The lowest BCUT2D eigenvalue weighted by Crippen LogP contribution is -2.30. The molecule has 2 heterocycles. The van der Waals surface area contributed by atoms with Gasteiger partial charge in [0.05, 0.1) is 24.3 Å². The Morgan fingerprint density at radius 1 is 1.12 bits per heavy atom. The van der Waals surface area contributed by atoms with Gasteiger partial charge in [0.15, 0.2) is 0 Å². The summed E-state index contributed by atoms with van der Waals surface area (Å²) in [5.74, 6) is -0.482. The molecule has 2 aliphatic carbocycles. The second-order valence-electron chi connectivity index (χ2n) is 8.84. The van der Waals surface area contributed by atoms with E-state index in [1.54, 1.807) is 36.5 Å². The number of nitrogens with zero attached hydrogens (tertiary/aromatic N) is 3. The van der Waals surface area contributed by atoms with Crippen molar-refractivity contribution in [1.29, 1.82) is 10.8 Å². The van der Waals surface area contributed by atoms with Crippen LogP contribution in [0.1, 0.15) is 53.3 Å². The molecular formula is C26H25FN6O. The highest BCUT2D eigenvalue weighted by Crippen LogP contribution is 2.40. The Balaban J connectivity index is 1.29. The van der Waals surface area contributed by atoms with Gasteiger partial charge in [-0.3, -0.25) is 20.2 Å². The molecule has 2 aliphatic rings. The first-order valence-corrected chi connectivity index (χ1v) is 11.4. The molecule has 0 unspecified atom stereocenters. The van der Waals surface area contributed by atoms with E-state index in [2.05, 4.69) is 15.3 Å². The fourth-order valence-corrected chi connectivity index (χ4v) is 3.94. The highest BCUT2D eigenvalue weighted by Gasteiger charge is 2.28. The Morgan fingerprint density at radius 3 is 2.65 bits per heavy atom. The smallest absolute Gasteiger partial charge is 0.274 e. The zero-order valence-electron chi connectivity index (χ0n) is 18.6. The van der Waals surface area contributed by atoms with Gasteiger partial charge in [-0.05, 0) is 67.1 Å². The zero-order valence-corrected chi connectivity index (χ0v) is 18.6. The van der Waals surface area contributed by atoms with E-state index >= 15 is 0 Å². The molecule has 0 aliphatic heterocycles. The Hall–Kier alpha value is -3.94. The molecule has 0 spiro atoms. The number of pyridine rings is 2. The molecule has 5 rings (SSSR count). The van der Waals surface area contributed by atoms with Crippen LogP contribution >= 0.6 is 0 Å². The topological polar surface area (TPSA) is 106 Å². The second-order valence-corrected chi connectivity index (χ2v) is 8.84. The number of hydrogen-bond donors (Lipinski definition) is 3. The summed E-state index contributed by atoms with van der Waals surface area (Å²) < 4.78 is 14.4. The summed E-state index contributed by atoms with van der Waals surface area (Å²) in [4.78, 5) is 23.2. The number of nitrogens with one attached hydrogen (secondary N) is 3. The van der Waals surface area contributed by atoms with Crippen molar-refractivity contribution >= 4 is 23.6 Å². The lowest BCUT2D eigenvalue weighted by Gasteiger charge is -2.19. The van der Waals surface area contributed by atoms with Crippen LogP contribution in [-0.2, 0) is 0 Å². The highest BCUT2D eigenvalue weighted by atomic mass is 19.1. The number of halogens is 1. The van der Waals surface area contributed by atoms with Gasteiger partial charge in [-0.15, -0.1) is 0 Å². The lowest BCUT2D eigenvalue weighted by atomic mass is 10.1. The van der Waals surface area contributed by atoms with Gasteiger partial charge >= 0.3 is 0 Å². The van der Waals surface area contributed by atoms with Gasteiger partial charge in [-0.2, -0.15) is 0 Å². The number of amides is 1. The average Bonchev–Trinajstić information content (AvgIpc) is 3.76. The Kier molecular flexibility index (Phi) is 5.88. The van der Waals surface area contributed by atoms with E-state index < -0.39 is 5.91 Å². The molecule has 0 bridgehead atoms. The molecule has 0 atom stereocenters. The number of rotatable bonds is 9. The number of carbonyl (C=O) groups is 1. The Morgan fingerprint density at radius 2 is 1.94 bits per heavy atom. The molecule has 8 heteroatoms. The van der Waals surface area contributed by atoms with Gasteiger partial charge in [0, 0.05) is 35.6 Å². The number of anilines is 1. The van der Waals surface area contributed by atoms with Gasteiger partial charge in [0.1, 0.15) is 11.5 Å².